The Morgan fingerprint density at radius 1 is 1.00 bits per heavy atom. The second kappa shape index (κ2) is 7.91. The van der Waals surface area contributed by atoms with Gasteiger partial charge in [0.1, 0.15) is 17.1 Å². The fraction of sp³-hybridized carbons (Fsp3) is 0.478. The third-order valence-corrected chi connectivity index (χ3v) is 5.79. The van der Waals surface area contributed by atoms with Crippen molar-refractivity contribution < 1.29 is 20.1 Å². The molecular weight excluding hydrogens is 340 g/mol. The summed E-state index contributed by atoms with van der Waals surface area (Å²) >= 11 is 0. The van der Waals surface area contributed by atoms with E-state index in [9.17, 15) is 15.3 Å². The van der Waals surface area contributed by atoms with Crippen LogP contribution in [0.2, 0.25) is 0 Å². The molecule has 0 amide bonds. The Hall–Kier alpha value is -2.04. The highest BCUT2D eigenvalue weighted by molar-refractivity contribution is 5.42. The van der Waals surface area contributed by atoms with Gasteiger partial charge in [-0.3, -0.25) is 0 Å². The van der Waals surface area contributed by atoms with E-state index in [4.69, 9.17) is 4.74 Å². The minimum absolute atomic E-state index is 0.0487. The number of aryl methyl sites for hydroxylation is 1. The number of aromatic hydroxyl groups is 2. The number of phenols is 2. The summed E-state index contributed by atoms with van der Waals surface area (Å²) in [5.41, 5.74) is 3.81. The Bertz CT molecular complexity index is 787. The Kier molecular flexibility index (Phi) is 5.78. The molecule has 1 aliphatic rings. The van der Waals surface area contributed by atoms with E-state index in [1.165, 1.54) is 11.1 Å². The zero-order chi connectivity index (χ0) is 19.6. The molecule has 2 unspecified atom stereocenters. The molecule has 2 aromatic rings. The minimum atomic E-state index is -0.626. The van der Waals surface area contributed by atoms with E-state index >= 15 is 0 Å². The molecule has 0 bridgehead atoms. The van der Waals surface area contributed by atoms with Gasteiger partial charge in [0.05, 0.1) is 13.2 Å². The Morgan fingerprint density at radius 3 is 2.19 bits per heavy atom. The van der Waals surface area contributed by atoms with Crippen molar-refractivity contribution in [2.45, 2.75) is 57.5 Å². The number of aliphatic hydroxyl groups excluding tert-OH is 1. The number of hydrogen-bond acceptors (Lipinski definition) is 4. The molecule has 0 aliphatic carbocycles. The summed E-state index contributed by atoms with van der Waals surface area (Å²) in [7, 11) is 0. The van der Waals surface area contributed by atoms with Crippen LogP contribution in [0.3, 0.4) is 0 Å². The van der Waals surface area contributed by atoms with E-state index < -0.39 is 5.60 Å². The lowest BCUT2D eigenvalue weighted by atomic mass is 9.79. The second-order valence-corrected chi connectivity index (χ2v) is 8.00. The molecule has 4 nitrogen and oxygen atoms in total. The molecule has 2 aromatic carbocycles. The molecule has 146 valence electrons. The molecule has 0 spiro atoms. The van der Waals surface area contributed by atoms with Crippen LogP contribution in [0.15, 0.2) is 36.4 Å². The second-order valence-electron chi connectivity index (χ2n) is 8.00. The van der Waals surface area contributed by atoms with Gasteiger partial charge in [-0.05, 0) is 71.2 Å². The van der Waals surface area contributed by atoms with Gasteiger partial charge < -0.3 is 20.1 Å². The zero-order valence-corrected chi connectivity index (χ0v) is 16.4. The van der Waals surface area contributed by atoms with Crippen molar-refractivity contribution in [2.24, 2.45) is 0 Å². The van der Waals surface area contributed by atoms with Crippen molar-refractivity contribution in [2.75, 3.05) is 13.2 Å². The molecule has 0 saturated carbocycles. The van der Waals surface area contributed by atoms with E-state index in [0.717, 1.165) is 30.4 Å². The number of phenolic OH excluding ortho intramolecular Hbond substituents is 2. The monoisotopic (exact) mass is 370 g/mol. The molecule has 4 heteroatoms. The number of hydrogen-bond donors (Lipinski definition) is 3. The first-order valence-electron chi connectivity index (χ1n) is 9.76. The van der Waals surface area contributed by atoms with Crippen LogP contribution >= 0.6 is 0 Å². The average molecular weight is 370 g/mol. The predicted octanol–water partition coefficient (Wildman–Crippen LogP) is 4.57. The van der Waals surface area contributed by atoms with Crippen molar-refractivity contribution in [1.29, 1.82) is 0 Å². The van der Waals surface area contributed by atoms with E-state index in [0.29, 0.717) is 18.3 Å². The maximum Gasteiger partial charge on any atom is 0.118 e. The third-order valence-electron chi connectivity index (χ3n) is 5.79. The normalized spacial score (nSPS) is 20.5. The van der Waals surface area contributed by atoms with E-state index in [1.54, 1.807) is 18.2 Å². The lowest BCUT2D eigenvalue weighted by Crippen LogP contribution is -2.45. The minimum Gasteiger partial charge on any atom is -0.508 e. The van der Waals surface area contributed by atoms with E-state index in [-0.39, 0.29) is 18.3 Å². The predicted molar refractivity (Wildman–Crippen MR) is 106 cm³/mol. The van der Waals surface area contributed by atoms with Crippen LogP contribution in [0.25, 0.3) is 0 Å². The van der Waals surface area contributed by atoms with Crippen molar-refractivity contribution in [1.82, 2.24) is 0 Å². The highest BCUT2D eigenvalue weighted by Gasteiger charge is 2.41. The maximum atomic E-state index is 10.0. The standard InChI is InChI=1S/C23H30O4/c1-15(2)20-12-18(25)7-6-17(20)5-4-16(3)21-13-19(26)8-9-22(21)23(14-24)10-11-27-23/h6-9,12-13,15-16,24-26H,4-5,10-11,14H2,1-3H3. The summed E-state index contributed by atoms with van der Waals surface area (Å²) in [4.78, 5) is 0. The summed E-state index contributed by atoms with van der Waals surface area (Å²) in [5.74, 6) is 1.09. The SMILES string of the molecule is CC(C)c1cc(O)ccc1CCC(C)c1cc(O)ccc1C1(CO)CCO1. The molecular formula is C23H30O4. The van der Waals surface area contributed by atoms with Crippen LogP contribution in [0, 0.1) is 0 Å². The van der Waals surface area contributed by atoms with Crippen LogP contribution in [0.1, 0.15) is 67.7 Å². The van der Waals surface area contributed by atoms with Gasteiger partial charge in [0.2, 0.25) is 0 Å². The maximum absolute atomic E-state index is 10.0. The van der Waals surface area contributed by atoms with Gasteiger partial charge in [0.25, 0.3) is 0 Å². The largest absolute Gasteiger partial charge is 0.508 e. The number of aliphatic hydroxyl groups is 1. The average Bonchev–Trinajstić information content (AvgIpc) is 2.60. The molecule has 3 rings (SSSR count). The van der Waals surface area contributed by atoms with Crippen LogP contribution in [0.5, 0.6) is 11.5 Å². The summed E-state index contributed by atoms with van der Waals surface area (Å²) in [5, 5.41) is 29.7. The molecule has 0 radical (unpaired) electrons. The van der Waals surface area contributed by atoms with Crippen LogP contribution in [-0.4, -0.2) is 28.5 Å². The summed E-state index contributed by atoms with van der Waals surface area (Å²) < 4.78 is 5.75. The summed E-state index contributed by atoms with van der Waals surface area (Å²) in [6, 6.07) is 11.0. The van der Waals surface area contributed by atoms with E-state index in [2.05, 4.69) is 20.8 Å². The number of ether oxygens (including phenoxy) is 1. The molecule has 2 atom stereocenters. The number of rotatable bonds is 7. The lowest BCUT2D eigenvalue weighted by Gasteiger charge is -2.42. The summed E-state index contributed by atoms with van der Waals surface area (Å²) in [6.07, 6.45) is 2.59. The molecule has 1 fully saturated rings. The Labute approximate surface area is 161 Å². The fourth-order valence-corrected chi connectivity index (χ4v) is 4.02. The van der Waals surface area contributed by atoms with E-state index in [1.807, 2.05) is 18.2 Å². The van der Waals surface area contributed by atoms with Gasteiger partial charge in [-0.15, -0.1) is 0 Å². The first kappa shape index (κ1) is 19.7. The molecule has 1 heterocycles. The third kappa shape index (κ3) is 3.97. The molecule has 27 heavy (non-hydrogen) atoms. The van der Waals surface area contributed by atoms with Gasteiger partial charge in [-0.2, -0.15) is 0 Å². The zero-order valence-electron chi connectivity index (χ0n) is 16.4. The van der Waals surface area contributed by atoms with Crippen molar-refractivity contribution in [3.05, 3.63) is 58.7 Å². The van der Waals surface area contributed by atoms with Crippen LogP contribution in [0.4, 0.5) is 0 Å². The first-order chi connectivity index (χ1) is 12.9. The lowest BCUT2D eigenvalue weighted by molar-refractivity contribution is -0.178. The van der Waals surface area contributed by atoms with Crippen LogP contribution < -0.4 is 0 Å². The summed E-state index contributed by atoms with van der Waals surface area (Å²) in [6.45, 7) is 7.02. The smallest absolute Gasteiger partial charge is 0.118 e. The van der Waals surface area contributed by atoms with Gasteiger partial charge in [-0.1, -0.05) is 32.9 Å². The van der Waals surface area contributed by atoms with Crippen molar-refractivity contribution >= 4 is 0 Å². The van der Waals surface area contributed by atoms with Crippen molar-refractivity contribution in [3.63, 3.8) is 0 Å². The Balaban J connectivity index is 1.83. The highest BCUT2D eigenvalue weighted by atomic mass is 16.5. The van der Waals surface area contributed by atoms with Gasteiger partial charge >= 0.3 is 0 Å². The van der Waals surface area contributed by atoms with Gasteiger partial charge in [0, 0.05) is 6.42 Å². The molecule has 3 N–H and O–H groups in total. The topological polar surface area (TPSA) is 69.9 Å². The molecule has 1 saturated heterocycles. The quantitative estimate of drug-likeness (QED) is 0.668. The Morgan fingerprint density at radius 2 is 1.63 bits per heavy atom. The molecule has 0 aromatic heterocycles. The first-order valence-corrected chi connectivity index (χ1v) is 9.76. The fourth-order valence-electron chi connectivity index (χ4n) is 4.02. The van der Waals surface area contributed by atoms with Gasteiger partial charge in [0.15, 0.2) is 0 Å². The van der Waals surface area contributed by atoms with Crippen LogP contribution in [-0.2, 0) is 16.8 Å². The highest BCUT2D eigenvalue weighted by Crippen LogP contribution is 2.42. The molecule has 1 aliphatic heterocycles. The van der Waals surface area contributed by atoms with Gasteiger partial charge in [-0.25, -0.2) is 0 Å². The number of benzene rings is 2. The van der Waals surface area contributed by atoms with Crippen molar-refractivity contribution in [3.8, 4) is 11.5 Å².